The van der Waals surface area contributed by atoms with Gasteiger partial charge in [0.2, 0.25) is 0 Å². The molecule has 0 aromatic rings. The highest BCUT2D eigenvalue weighted by atomic mass is 16.5. The van der Waals surface area contributed by atoms with E-state index >= 15 is 0 Å². The van der Waals surface area contributed by atoms with E-state index in [4.69, 9.17) is 4.74 Å². The number of ether oxygens (including phenoxy) is 1. The average Bonchev–Trinajstić information content (AvgIpc) is 2.33. The van der Waals surface area contributed by atoms with Gasteiger partial charge >= 0.3 is 0 Å². The zero-order valence-corrected chi connectivity index (χ0v) is 15.7. The van der Waals surface area contributed by atoms with E-state index in [1.54, 1.807) is 7.11 Å². The van der Waals surface area contributed by atoms with Gasteiger partial charge in [-0.05, 0) is 43.1 Å². The maximum atomic E-state index is 5.21. The molecule has 0 atom stereocenters. The highest BCUT2D eigenvalue weighted by Gasteiger charge is 2.28. The Balaban J connectivity index is 0. The first kappa shape index (κ1) is 22.2. The van der Waals surface area contributed by atoms with Gasteiger partial charge in [-0.1, -0.05) is 55.4 Å². The van der Waals surface area contributed by atoms with Crippen LogP contribution in [0.5, 0.6) is 0 Å². The van der Waals surface area contributed by atoms with Gasteiger partial charge in [0.15, 0.2) is 0 Å². The highest BCUT2D eigenvalue weighted by molar-refractivity contribution is 4.79. The summed E-state index contributed by atoms with van der Waals surface area (Å²) in [6.07, 6.45) is 4.98. The summed E-state index contributed by atoms with van der Waals surface area (Å²) in [5.74, 6) is 0. The van der Waals surface area contributed by atoms with Gasteiger partial charge in [-0.25, -0.2) is 0 Å². The molecule has 0 amide bonds. The summed E-state index contributed by atoms with van der Waals surface area (Å²) < 4.78 is 5.21. The summed E-state index contributed by atoms with van der Waals surface area (Å²) in [5, 5.41) is 3.50. The van der Waals surface area contributed by atoms with Crippen molar-refractivity contribution in [3.63, 3.8) is 0 Å². The third-order valence-corrected chi connectivity index (χ3v) is 3.52. The standard InChI is InChI=1S/C16H35NO.C2H6/c1-14(2)17-11-8-9-15(3,4)13-16(5,6)10-12-18-7;1-2/h14,17H,8-13H2,1-7H3;1-2H3. The van der Waals surface area contributed by atoms with Crippen LogP contribution in [0.2, 0.25) is 0 Å². The van der Waals surface area contributed by atoms with Crippen molar-refractivity contribution in [1.82, 2.24) is 5.32 Å². The molecule has 0 aliphatic rings. The van der Waals surface area contributed by atoms with Gasteiger partial charge < -0.3 is 10.1 Å². The molecule has 0 radical (unpaired) electrons. The molecule has 0 saturated carbocycles. The second-order valence-electron chi connectivity index (χ2n) is 7.46. The molecule has 1 N–H and O–H groups in total. The van der Waals surface area contributed by atoms with Crippen molar-refractivity contribution < 1.29 is 4.74 Å². The quantitative estimate of drug-likeness (QED) is 0.553. The van der Waals surface area contributed by atoms with Gasteiger partial charge in [-0.3, -0.25) is 0 Å². The Morgan fingerprint density at radius 2 is 1.45 bits per heavy atom. The molecule has 0 spiro atoms. The maximum Gasteiger partial charge on any atom is 0.0467 e. The topological polar surface area (TPSA) is 21.3 Å². The molecule has 0 unspecified atom stereocenters. The molecule has 124 valence electrons. The lowest BCUT2D eigenvalue weighted by Crippen LogP contribution is -2.27. The Hall–Kier alpha value is -0.0800. The van der Waals surface area contributed by atoms with Gasteiger partial charge in [-0.15, -0.1) is 0 Å². The van der Waals surface area contributed by atoms with E-state index in [1.165, 1.54) is 19.3 Å². The van der Waals surface area contributed by atoms with Crippen LogP contribution in [0.3, 0.4) is 0 Å². The number of nitrogens with one attached hydrogen (secondary N) is 1. The minimum absolute atomic E-state index is 0.380. The van der Waals surface area contributed by atoms with Crippen molar-refractivity contribution in [2.75, 3.05) is 20.3 Å². The number of hydrogen-bond acceptors (Lipinski definition) is 2. The molecule has 0 heterocycles. The van der Waals surface area contributed by atoms with Crippen LogP contribution in [-0.4, -0.2) is 26.3 Å². The first-order valence-corrected chi connectivity index (χ1v) is 8.41. The van der Waals surface area contributed by atoms with Crippen molar-refractivity contribution in [1.29, 1.82) is 0 Å². The zero-order chi connectivity index (χ0) is 16.2. The minimum Gasteiger partial charge on any atom is -0.385 e. The summed E-state index contributed by atoms with van der Waals surface area (Å²) in [6, 6.07) is 0.603. The number of rotatable bonds is 10. The van der Waals surface area contributed by atoms with Gasteiger partial charge in [0, 0.05) is 19.8 Å². The predicted octanol–water partition coefficient (Wildman–Crippen LogP) is 5.27. The van der Waals surface area contributed by atoms with Crippen molar-refractivity contribution in [2.24, 2.45) is 10.8 Å². The summed E-state index contributed by atoms with van der Waals surface area (Å²) in [5.41, 5.74) is 0.806. The first-order valence-electron chi connectivity index (χ1n) is 8.41. The molecule has 0 aliphatic carbocycles. The normalized spacial score (nSPS) is 12.3. The Morgan fingerprint density at radius 3 is 1.90 bits per heavy atom. The molecule has 0 fully saturated rings. The second kappa shape index (κ2) is 11.6. The molecule has 0 bridgehead atoms. The molecule has 0 aromatic carbocycles. The minimum atomic E-state index is 0.380. The molecule has 20 heavy (non-hydrogen) atoms. The average molecular weight is 288 g/mol. The smallest absolute Gasteiger partial charge is 0.0467 e. The Bertz CT molecular complexity index is 209. The zero-order valence-electron chi connectivity index (χ0n) is 15.7. The fourth-order valence-electron chi connectivity index (χ4n) is 2.81. The van der Waals surface area contributed by atoms with Crippen LogP contribution in [0.25, 0.3) is 0 Å². The molecule has 0 saturated heterocycles. The highest BCUT2D eigenvalue weighted by Crippen LogP contribution is 2.38. The second-order valence-corrected chi connectivity index (χ2v) is 7.46. The van der Waals surface area contributed by atoms with E-state index in [-0.39, 0.29) is 0 Å². The summed E-state index contributed by atoms with van der Waals surface area (Å²) in [4.78, 5) is 0. The van der Waals surface area contributed by atoms with Crippen molar-refractivity contribution in [3.8, 4) is 0 Å². The van der Waals surface area contributed by atoms with Crippen molar-refractivity contribution >= 4 is 0 Å². The molecule has 0 rings (SSSR count). The fourth-order valence-corrected chi connectivity index (χ4v) is 2.81. The van der Waals surface area contributed by atoms with Crippen LogP contribution in [0.1, 0.15) is 81.1 Å². The molecule has 2 heteroatoms. The molecule has 0 aromatic heterocycles. The molecule has 2 nitrogen and oxygen atoms in total. The van der Waals surface area contributed by atoms with E-state index in [2.05, 4.69) is 46.9 Å². The summed E-state index contributed by atoms with van der Waals surface area (Å²) >= 11 is 0. The van der Waals surface area contributed by atoms with Gasteiger partial charge in [-0.2, -0.15) is 0 Å². The Kier molecular flexibility index (Phi) is 12.8. The van der Waals surface area contributed by atoms with Crippen LogP contribution < -0.4 is 5.32 Å². The largest absolute Gasteiger partial charge is 0.385 e. The lowest BCUT2D eigenvalue weighted by Gasteiger charge is -2.35. The van der Waals surface area contributed by atoms with Gasteiger partial charge in [0.05, 0.1) is 0 Å². The van der Waals surface area contributed by atoms with Crippen LogP contribution in [0, 0.1) is 10.8 Å². The van der Waals surface area contributed by atoms with Crippen molar-refractivity contribution in [3.05, 3.63) is 0 Å². The third kappa shape index (κ3) is 14.3. The van der Waals surface area contributed by atoms with Crippen LogP contribution in [0.15, 0.2) is 0 Å². The molecule has 0 aliphatic heterocycles. The molecular formula is C18H41NO. The summed E-state index contributed by atoms with van der Waals surface area (Å²) in [7, 11) is 1.79. The van der Waals surface area contributed by atoms with Crippen LogP contribution >= 0.6 is 0 Å². The maximum absolute atomic E-state index is 5.21. The van der Waals surface area contributed by atoms with E-state index in [0.717, 1.165) is 19.6 Å². The number of hydrogen-bond donors (Lipinski definition) is 1. The lowest BCUT2D eigenvalue weighted by molar-refractivity contribution is 0.112. The first-order chi connectivity index (χ1) is 9.18. The SMILES string of the molecule is CC.COCCC(C)(C)CC(C)(C)CCCNC(C)C. The predicted molar refractivity (Wildman–Crippen MR) is 92.4 cm³/mol. The van der Waals surface area contributed by atoms with Crippen LogP contribution in [0.4, 0.5) is 0 Å². The Morgan fingerprint density at radius 1 is 0.950 bits per heavy atom. The third-order valence-electron chi connectivity index (χ3n) is 3.52. The monoisotopic (exact) mass is 287 g/mol. The fraction of sp³-hybridized carbons (Fsp3) is 1.00. The summed E-state index contributed by atoms with van der Waals surface area (Å²) in [6.45, 7) is 19.9. The Labute approximate surface area is 129 Å². The van der Waals surface area contributed by atoms with Crippen LogP contribution in [-0.2, 0) is 4.74 Å². The van der Waals surface area contributed by atoms with Gasteiger partial charge in [0.1, 0.15) is 0 Å². The van der Waals surface area contributed by atoms with E-state index in [0.29, 0.717) is 16.9 Å². The molecular weight excluding hydrogens is 246 g/mol. The van der Waals surface area contributed by atoms with E-state index in [1.807, 2.05) is 13.8 Å². The van der Waals surface area contributed by atoms with E-state index < -0.39 is 0 Å². The van der Waals surface area contributed by atoms with E-state index in [9.17, 15) is 0 Å². The number of methoxy groups -OCH3 is 1. The van der Waals surface area contributed by atoms with Crippen molar-refractivity contribution in [2.45, 2.75) is 87.1 Å². The van der Waals surface area contributed by atoms with Gasteiger partial charge in [0.25, 0.3) is 0 Å². The lowest BCUT2D eigenvalue weighted by atomic mass is 9.71.